The fraction of sp³-hybridized carbons (Fsp3) is 0.667. The molecule has 1 aliphatic rings. The van der Waals surface area contributed by atoms with Gasteiger partial charge >= 0.3 is 5.69 Å². The van der Waals surface area contributed by atoms with Crippen molar-refractivity contribution in [1.29, 1.82) is 0 Å². The van der Waals surface area contributed by atoms with E-state index in [1.54, 1.807) is 0 Å². The van der Waals surface area contributed by atoms with Gasteiger partial charge in [-0.25, -0.2) is 9.97 Å². The van der Waals surface area contributed by atoms with Crippen LogP contribution in [0, 0.1) is 16.0 Å². The predicted octanol–water partition coefficient (Wildman–Crippen LogP) is 3.42. The lowest BCUT2D eigenvalue weighted by Gasteiger charge is -2.09. The van der Waals surface area contributed by atoms with Crippen molar-refractivity contribution >= 4 is 23.1 Å². The summed E-state index contributed by atoms with van der Waals surface area (Å²) in [5, 5.41) is 13.7. The van der Waals surface area contributed by atoms with E-state index in [1.807, 2.05) is 0 Å². The standard InChI is InChI=1S/C12H17ClN4O2/c13-11-10(17(18)19)12(16-8-15-11)14-7-3-6-9-4-1-2-5-9/h8-9H,1-7H2,(H,14,15,16). The molecule has 1 aliphatic carbocycles. The van der Waals surface area contributed by atoms with Crippen molar-refractivity contribution in [3.8, 4) is 0 Å². The van der Waals surface area contributed by atoms with Gasteiger partial charge in [0.15, 0.2) is 0 Å². The molecule has 19 heavy (non-hydrogen) atoms. The summed E-state index contributed by atoms with van der Waals surface area (Å²) < 4.78 is 0. The van der Waals surface area contributed by atoms with Gasteiger partial charge in [-0.2, -0.15) is 0 Å². The predicted molar refractivity (Wildman–Crippen MR) is 73.4 cm³/mol. The number of hydrogen-bond acceptors (Lipinski definition) is 5. The molecule has 104 valence electrons. The maximum atomic E-state index is 10.9. The van der Waals surface area contributed by atoms with Crippen LogP contribution in [0.2, 0.25) is 5.15 Å². The van der Waals surface area contributed by atoms with Gasteiger partial charge < -0.3 is 5.32 Å². The molecule has 0 amide bonds. The van der Waals surface area contributed by atoms with E-state index >= 15 is 0 Å². The molecule has 0 radical (unpaired) electrons. The zero-order valence-corrected chi connectivity index (χ0v) is 11.4. The van der Waals surface area contributed by atoms with E-state index in [0.717, 1.165) is 12.3 Å². The topological polar surface area (TPSA) is 81.0 Å². The van der Waals surface area contributed by atoms with Crippen LogP contribution in [0.25, 0.3) is 0 Å². The van der Waals surface area contributed by atoms with Crippen LogP contribution in [0.3, 0.4) is 0 Å². The molecule has 6 nitrogen and oxygen atoms in total. The highest BCUT2D eigenvalue weighted by Crippen LogP contribution is 2.30. The third-order valence-electron chi connectivity index (χ3n) is 3.52. The smallest absolute Gasteiger partial charge is 0.348 e. The molecule has 0 aliphatic heterocycles. The van der Waals surface area contributed by atoms with Crippen molar-refractivity contribution in [1.82, 2.24) is 9.97 Å². The molecule has 1 saturated carbocycles. The molecular weight excluding hydrogens is 268 g/mol. The van der Waals surface area contributed by atoms with E-state index in [-0.39, 0.29) is 16.7 Å². The van der Waals surface area contributed by atoms with E-state index in [4.69, 9.17) is 11.6 Å². The molecular formula is C12H17ClN4O2. The summed E-state index contributed by atoms with van der Waals surface area (Å²) in [4.78, 5) is 17.8. The Morgan fingerprint density at radius 2 is 2.16 bits per heavy atom. The van der Waals surface area contributed by atoms with Crippen LogP contribution in [0.1, 0.15) is 38.5 Å². The largest absolute Gasteiger partial charge is 0.364 e. The van der Waals surface area contributed by atoms with Gasteiger partial charge in [-0.3, -0.25) is 10.1 Å². The van der Waals surface area contributed by atoms with Crippen LogP contribution in [0.4, 0.5) is 11.5 Å². The molecule has 2 rings (SSSR count). The molecule has 1 fully saturated rings. The summed E-state index contributed by atoms with van der Waals surface area (Å²) in [6.07, 6.45) is 8.70. The maximum Gasteiger partial charge on any atom is 0.348 e. The number of nitro groups is 1. The minimum absolute atomic E-state index is 0.127. The third kappa shape index (κ3) is 3.76. The number of halogens is 1. The summed E-state index contributed by atoms with van der Waals surface area (Å²) in [7, 11) is 0. The molecule has 0 saturated heterocycles. The monoisotopic (exact) mass is 284 g/mol. The van der Waals surface area contributed by atoms with Crippen LogP contribution >= 0.6 is 11.6 Å². The van der Waals surface area contributed by atoms with Crippen molar-refractivity contribution in [3.63, 3.8) is 0 Å². The molecule has 0 unspecified atom stereocenters. The van der Waals surface area contributed by atoms with Crippen molar-refractivity contribution < 1.29 is 4.92 Å². The number of nitrogens with one attached hydrogen (secondary N) is 1. The Kier molecular flexibility index (Phi) is 4.90. The molecule has 0 spiro atoms. The second-order valence-corrected chi connectivity index (χ2v) is 5.20. The lowest BCUT2D eigenvalue weighted by atomic mass is 10.0. The van der Waals surface area contributed by atoms with Crippen molar-refractivity contribution in [2.45, 2.75) is 38.5 Å². The Bertz CT molecular complexity index is 449. The third-order valence-corrected chi connectivity index (χ3v) is 3.79. The molecule has 0 bridgehead atoms. The second kappa shape index (κ2) is 6.65. The Labute approximate surface area is 116 Å². The van der Waals surface area contributed by atoms with Gasteiger partial charge in [-0.05, 0) is 18.8 Å². The molecule has 1 heterocycles. The number of anilines is 1. The summed E-state index contributed by atoms with van der Waals surface area (Å²) in [6.45, 7) is 0.671. The zero-order valence-electron chi connectivity index (χ0n) is 10.6. The van der Waals surface area contributed by atoms with E-state index in [1.165, 1.54) is 38.4 Å². The van der Waals surface area contributed by atoms with E-state index in [0.29, 0.717) is 6.54 Å². The first-order chi connectivity index (χ1) is 9.18. The number of rotatable bonds is 6. The lowest BCUT2D eigenvalue weighted by Crippen LogP contribution is -2.08. The highest BCUT2D eigenvalue weighted by Gasteiger charge is 2.21. The Balaban J connectivity index is 1.85. The second-order valence-electron chi connectivity index (χ2n) is 4.84. The first-order valence-corrected chi connectivity index (χ1v) is 6.95. The minimum Gasteiger partial charge on any atom is -0.364 e. The molecule has 1 N–H and O–H groups in total. The van der Waals surface area contributed by atoms with Gasteiger partial charge in [0.05, 0.1) is 4.92 Å². The van der Waals surface area contributed by atoms with Gasteiger partial charge in [0.1, 0.15) is 6.33 Å². The number of hydrogen-bond donors (Lipinski definition) is 1. The minimum atomic E-state index is -0.554. The van der Waals surface area contributed by atoms with Gasteiger partial charge in [-0.15, -0.1) is 0 Å². The number of aromatic nitrogens is 2. The molecule has 0 aromatic carbocycles. The first-order valence-electron chi connectivity index (χ1n) is 6.57. The normalized spacial score (nSPS) is 15.6. The van der Waals surface area contributed by atoms with Crippen molar-refractivity contribution in [2.24, 2.45) is 5.92 Å². The van der Waals surface area contributed by atoms with E-state index in [2.05, 4.69) is 15.3 Å². The highest BCUT2D eigenvalue weighted by molar-refractivity contribution is 6.31. The summed E-state index contributed by atoms with van der Waals surface area (Å²) in [6, 6.07) is 0. The Hall–Kier alpha value is -1.43. The van der Waals surface area contributed by atoms with Crippen LogP contribution < -0.4 is 5.32 Å². The summed E-state index contributed by atoms with van der Waals surface area (Å²) >= 11 is 5.71. The van der Waals surface area contributed by atoms with Crippen LogP contribution in [0.5, 0.6) is 0 Å². The van der Waals surface area contributed by atoms with E-state index in [9.17, 15) is 10.1 Å². The quantitative estimate of drug-likeness (QED) is 0.375. The molecule has 7 heteroatoms. The van der Waals surface area contributed by atoms with Gasteiger partial charge in [-0.1, -0.05) is 37.3 Å². The zero-order chi connectivity index (χ0) is 13.7. The molecule has 1 aromatic rings. The fourth-order valence-electron chi connectivity index (χ4n) is 2.55. The van der Waals surface area contributed by atoms with Crippen LogP contribution in [-0.2, 0) is 0 Å². The molecule has 0 atom stereocenters. The molecule has 1 aromatic heterocycles. The van der Waals surface area contributed by atoms with Crippen LogP contribution in [-0.4, -0.2) is 21.4 Å². The lowest BCUT2D eigenvalue weighted by molar-refractivity contribution is -0.384. The number of nitrogens with zero attached hydrogens (tertiary/aromatic N) is 3. The Morgan fingerprint density at radius 3 is 2.84 bits per heavy atom. The SMILES string of the molecule is O=[N+]([O-])c1c(Cl)ncnc1NCCCC1CCCC1. The highest BCUT2D eigenvalue weighted by atomic mass is 35.5. The average molecular weight is 285 g/mol. The van der Waals surface area contributed by atoms with Crippen molar-refractivity contribution in [3.05, 3.63) is 21.6 Å². The maximum absolute atomic E-state index is 10.9. The van der Waals surface area contributed by atoms with E-state index < -0.39 is 4.92 Å². The fourth-order valence-corrected chi connectivity index (χ4v) is 2.75. The first kappa shape index (κ1) is 14.0. The average Bonchev–Trinajstić information content (AvgIpc) is 2.87. The Morgan fingerprint density at radius 1 is 1.42 bits per heavy atom. The van der Waals surface area contributed by atoms with Gasteiger partial charge in [0.25, 0.3) is 0 Å². The van der Waals surface area contributed by atoms with Gasteiger partial charge in [0.2, 0.25) is 11.0 Å². The van der Waals surface area contributed by atoms with Crippen molar-refractivity contribution in [2.75, 3.05) is 11.9 Å². The van der Waals surface area contributed by atoms with Crippen LogP contribution in [0.15, 0.2) is 6.33 Å². The summed E-state index contributed by atoms with van der Waals surface area (Å²) in [5.41, 5.74) is -0.245. The van der Waals surface area contributed by atoms with Gasteiger partial charge in [0, 0.05) is 6.54 Å². The summed E-state index contributed by atoms with van der Waals surface area (Å²) in [5.74, 6) is 1.03.